The summed E-state index contributed by atoms with van der Waals surface area (Å²) >= 11 is 0. The Bertz CT molecular complexity index is 433. The van der Waals surface area contributed by atoms with Gasteiger partial charge in [0.2, 0.25) is 0 Å². The van der Waals surface area contributed by atoms with Crippen molar-refractivity contribution in [1.29, 1.82) is 0 Å². The van der Waals surface area contributed by atoms with Crippen LogP contribution in [0.3, 0.4) is 0 Å². The summed E-state index contributed by atoms with van der Waals surface area (Å²) in [4.78, 5) is 2.39. The van der Waals surface area contributed by atoms with Gasteiger partial charge in [-0.1, -0.05) is 12.1 Å². The number of benzene rings is 1. The van der Waals surface area contributed by atoms with Crippen molar-refractivity contribution in [2.45, 2.75) is 44.1 Å². The minimum Gasteiger partial charge on any atom is -0.374 e. The molecule has 1 aromatic carbocycles. The molecule has 0 radical (unpaired) electrons. The summed E-state index contributed by atoms with van der Waals surface area (Å²) in [6.07, 6.45) is 5.04. The summed E-state index contributed by atoms with van der Waals surface area (Å²) in [5.41, 5.74) is 11.0. The first-order valence-electron chi connectivity index (χ1n) is 6.74. The Hall–Kier alpha value is -1.02. The van der Waals surface area contributed by atoms with Crippen LogP contribution in [0.2, 0.25) is 0 Å². The number of anilines is 1. The molecular weight excluding hydrogens is 208 g/mol. The van der Waals surface area contributed by atoms with Crippen molar-refractivity contribution in [1.82, 2.24) is 0 Å². The van der Waals surface area contributed by atoms with Gasteiger partial charge in [-0.3, -0.25) is 0 Å². The summed E-state index contributed by atoms with van der Waals surface area (Å²) < 4.78 is 0. The molecule has 1 atom stereocenters. The molecule has 1 aliphatic carbocycles. The molecule has 0 saturated heterocycles. The molecule has 1 aliphatic heterocycles. The van der Waals surface area contributed by atoms with Crippen LogP contribution in [0, 0.1) is 0 Å². The van der Waals surface area contributed by atoms with Crippen molar-refractivity contribution in [3.8, 4) is 0 Å². The molecule has 0 bridgehead atoms. The number of nitrogens with zero attached hydrogens (tertiary/aromatic N) is 1. The highest BCUT2D eigenvalue weighted by molar-refractivity contribution is 5.61. The SMILES string of the molecule is CC(N)C1(c2cccc3c2CCCN3C)CC1. The van der Waals surface area contributed by atoms with E-state index in [1.165, 1.54) is 43.5 Å². The molecule has 1 fully saturated rings. The molecular formula is C15H22N2. The molecule has 1 unspecified atom stereocenters. The van der Waals surface area contributed by atoms with Gasteiger partial charge in [0.25, 0.3) is 0 Å². The first-order valence-corrected chi connectivity index (χ1v) is 6.74. The topological polar surface area (TPSA) is 29.3 Å². The molecule has 2 heteroatoms. The highest BCUT2D eigenvalue weighted by atomic mass is 15.1. The van der Waals surface area contributed by atoms with Gasteiger partial charge in [0.15, 0.2) is 0 Å². The van der Waals surface area contributed by atoms with E-state index in [0.29, 0.717) is 5.41 Å². The number of hydrogen-bond acceptors (Lipinski definition) is 2. The average Bonchev–Trinajstić information content (AvgIpc) is 3.10. The lowest BCUT2D eigenvalue weighted by Gasteiger charge is -2.32. The van der Waals surface area contributed by atoms with Gasteiger partial charge in [0, 0.05) is 30.7 Å². The van der Waals surface area contributed by atoms with Crippen LogP contribution in [0.4, 0.5) is 5.69 Å². The Balaban J connectivity index is 2.10. The zero-order valence-corrected chi connectivity index (χ0v) is 10.9. The Labute approximate surface area is 104 Å². The van der Waals surface area contributed by atoms with Gasteiger partial charge >= 0.3 is 0 Å². The maximum absolute atomic E-state index is 6.22. The zero-order valence-electron chi connectivity index (χ0n) is 10.9. The number of nitrogens with two attached hydrogens (primary N) is 1. The van der Waals surface area contributed by atoms with Crippen molar-refractivity contribution in [3.63, 3.8) is 0 Å². The van der Waals surface area contributed by atoms with Crippen molar-refractivity contribution in [2.75, 3.05) is 18.5 Å². The molecule has 0 amide bonds. The van der Waals surface area contributed by atoms with E-state index in [9.17, 15) is 0 Å². The van der Waals surface area contributed by atoms with E-state index in [-0.39, 0.29) is 6.04 Å². The highest BCUT2D eigenvalue weighted by Gasteiger charge is 2.48. The lowest BCUT2D eigenvalue weighted by molar-refractivity contribution is 0.548. The van der Waals surface area contributed by atoms with Crippen molar-refractivity contribution >= 4 is 5.69 Å². The third-order valence-electron chi connectivity index (χ3n) is 4.68. The minimum absolute atomic E-state index is 0.279. The molecule has 0 aromatic heterocycles. The lowest BCUT2D eigenvalue weighted by Crippen LogP contribution is -2.34. The van der Waals surface area contributed by atoms with E-state index >= 15 is 0 Å². The van der Waals surface area contributed by atoms with E-state index in [1.807, 2.05) is 0 Å². The van der Waals surface area contributed by atoms with Crippen LogP contribution in [0.1, 0.15) is 37.3 Å². The molecule has 2 aliphatic rings. The third kappa shape index (κ3) is 1.58. The largest absolute Gasteiger partial charge is 0.374 e. The monoisotopic (exact) mass is 230 g/mol. The van der Waals surface area contributed by atoms with Gasteiger partial charge in [-0.05, 0) is 49.8 Å². The van der Waals surface area contributed by atoms with Gasteiger partial charge in [-0.25, -0.2) is 0 Å². The van der Waals surface area contributed by atoms with Crippen LogP contribution in [0.5, 0.6) is 0 Å². The maximum atomic E-state index is 6.22. The van der Waals surface area contributed by atoms with Crippen LogP contribution >= 0.6 is 0 Å². The summed E-state index contributed by atoms with van der Waals surface area (Å²) in [7, 11) is 2.20. The number of rotatable bonds is 2. The lowest BCUT2D eigenvalue weighted by atomic mass is 9.83. The highest BCUT2D eigenvalue weighted by Crippen LogP contribution is 2.53. The fourth-order valence-electron chi connectivity index (χ4n) is 3.38. The summed E-state index contributed by atoms with van der Waals surface area (Å²) in [6.45, 7) is 3.35. The van der Waals surface area contributed by atoms with E-state index in [4.69, 9.17) is 5.73 Å². The van der Waals surface area contributed by atoms with Crippen molar-refractivity contribution < 1.29 is 0 Å². The Morgan fingerprint density at radius 3 is 2.76 bits per heavy atom. The second-order valence-corrected chi connectivity index (χ2v) is 5.77. The van der Waals surface area contributed by atoms with Crippen molar-refractivity contribution in [2.24, 2.45) is 5.73 Å². The molecule has 92 valence electrons. The molecule has 0 spiro atoms. The molecule has 3 rings (SSSR count). The predicted molar refractivity (Wildman–Crippen MR) is 72.6 cm³/mol. The molecule has 1 saturated carbocycles. The van der Waals surface area contributed by atoms with E-state index < -0.39 is 0 Å². The van der Waals surface area contributed by atoms with Gasteiger partial charge < -0.3 is 10.6 Å². The molecule has 2 nitrogen and oxygen atoms in total. The molecule has 17 heavy (non-hydrogen) atoms. The maximum Gasteiger partial charge on any atom is 0.0399 e. The average molecular weight is 230 g/mol. The van der Waals surface area contributed by atoms with Crippen LogP contribution < -0.4 is 10.6 Å². The van der Waals surface area contributed by atoms with Gasteiger partial charge in [-0.2, -0.15) is 0 Å². The first-order chi connectivity index (χ1) is 8.15. The Morgan fingerprint density at radius 1 is 1.35 bits per heavy atom. The van der Waals surface area contributed by atoms with Crippen LogP contribution in [-0.4, -0.2) is 19.6 Å². The standard InChI is InChI=1S/C15H22N2/c1-11(16)15(8-9-15)13-6-3-7-14-12(13)5-4-10-17(14)2/h3,6-7,11H,4-5,8-10,16H2,1-2H3. The van der Waals surface area contributed by atoms with Crippen molar-refractivity contribution in [3.05, 3.63) is 29.3 Å². The van der Waals surface area contributed by atoms with E-state index in [0.717, 1.165) is 0 Å². The Kier molecular flexibility index (Phi) is 2.44. The summed E-state index contributed by atoms with van der Waals surface area (Å²) in [6, 6.07) is 7.06. The van der Waals surface area contributed by atoms with E-state index in [1.54, 1.807) is 5.56 Å². The smallest absolute Gasteiger partial charge is 0.0399 e. The van der Waals surface area contributed by atoms with Crippen LogP contribution in [0.25, 0.3) is 0 Å². The van der Waals surface area contributed by atoms with Crippen LogP contribution in [-0.2, 0) is 11.8 Å². The van der Waals surface area contributed by atoms with E-state index in [2.05, 4.69) is 37.1 Å². The third-order valence-corrected chi connectivity index (χ3v) is 4.68. The number of fused-ring (bicyclic) bond motifs is 1. The minimum atomic E-state index is 0.279. The number of hydrogen-bond donors (Lipinski definition) is 1. The molecule has 2 N–H and O–H groups in total. The second-order valence-electron chi connectivity index (χ2n) is 5.77. The zero-order chi connectivity index (χ0) is 12.0. The fraction of sp³-hybridized carbons (Fsp3) is 0.600. The Morgan fingerprint density at radius 2 is 2.12 bits per heavy atom. The van der Waals surface area contributed by atoms with Crippen LogP contribution in [0.15, 0.2) is 18.2 Å². The normalized spacial score (nSPS) is 23.1. The quantitative estimate of drug-likeness (QED) is 0.845. The second kappa shape index (κ2) is 3.74. The molecule has 1 aromatic rings. The fourth-order valence-corrected chi connectivity index (χ4v) is 3.38. The predicted octanol–water partition coefficient (Wildman–Crippen LogP) is 2.45. The van der Waals surface area contributed by atoms with Gasteiger partial charge in [-0.15, -0.1) is 0 Å². The van der Waals surface area contributed by atoms with Gasteiger partial charge in [0.05, 0.1) is 0 Å². The summed E-state index contributed by atoms with van der Waals surface area (Å²) in [5, 5.41) is 0. The van der Waals surface area contributed by atoms with Gasteiger partial charge in [0.1, 0.15) is 0 Å². The summed E-state index contributed by atoms with van der Waals surface area (Å²) in [5.74, 6) is 0. The first kappa shape index (κ1) is 11.1. The molecule has 1 heterocycles.